The normalized spacial score (nSPS) is 14.5. The summed E-state index contributed by atoms with van der Waals surface area (Å²) in [4.78, 5) is 17.8. The second kappa shape index (κ2) is 10.9. The maximum Gasteiger partial charge on any atom is 0.255 e. The Morgan fingerprint density at radius 2 is 1.88 bits per heavy atom. The number of nitrogens with zero attached hydrogens (tertiary/aromatic N) is 2. The molecule has 7 heteroatoms. The molecule has 2 aromatic carbocycles. The second-order valence-corrected chi connectivity index (χ2v) is 8.98. The zero-order valence-corrected chi connectivity index (χ0v) is 20.5. The summed E-state index contributed by atoms with van der Waals surface area (Å²) in [6.45, 7) is 14.1. The zero-order valence-electron chi connectivity index (χ0n) is 19.7. The third-order valence-corrected chi connectivity index (χ3v) is 5.98. The van der Waals surface area contributed by atoms with Gasteiger partial charge < -0.3 is 24.6 Å². The fourth-order valence-corrected chi connectivity index (χ4v) is 4.01. The number of carbonyl (C=O) groups excluding carboxylic acids is 1. The fraction of sp³-hybridized carbons (Fsp3) is 0.480. The number of methoxy groups -OCH3 is 1. The van der Waals surface area contributed by atoms with E-state index in [1.165, 1.54) is 5.69 Å². The first-order valence-electron chi connectivity index (χ1n) is 11.2. The molecule has 0 bridgehead atoms. The molecule has 0 atom stereocenters. The highest BCUT2D eigenvalue weighted by atomic mass is 35.5. The van der Waals surface area contributed by atoms with Crippen molar-refractivity contribution in [1.82, 2.24) is 4.90 Å². The molecule has 1 aliphatic heterocycles. The lowest BCUT2D eigenvalue weighted by atomic mass is 10.1. The molecule has 2 aromatic rings. The molecule has 0 aromatic heterocycles. The summed E-state index contributed by atoms with van der Waals surface area (Å²) in [5.74, 6) is 1.01. The van der Waals surface area contributed by atoms with Crippen molar-refractivity contribution >= 4 is 28.9 Å². The van der Waals surface area contributed by atoms with Crippen molar-refractivity contribution in [3.8, 4) is 11.5 Å². The van der Waals surface area contributed by atoms with Gasteiger partial charge in [0.1, 0.15) is 0 Å². The number of nitrogens with one attached hydrogen (secondary N) is 1. The first-order chi connectivity index (χ1) is 15.3. The van der Waals surface area contributed by atoms with Crippen molar-refractivity contribution < 1.29 is 14.3 Å². The van der Waals surface area contributed by atoms with Crippen LogP contribution in [0.4, 0.5) is 11.4 Å². The molecule has 0 aliphatic carbocycles. The first kappa shape index (κ1) is 24.2. The van der Waals surface area contributed by atoms with E-state index in [0.717, 1.165) is 44.0 Å². The second-order valence-electron chi connectivity index (χ2n) is 8.57. The van der Waals surface area contributed by atoms with E-state index in [0.29, 0.717) is 34.6 Å². The number of rotatable bonds is 8. The largest absolute Gasteiger partial charge is 0.493 e. The van der Waals surface area contributed by atoms with Crippen molar-refractivity contribution in [1.29, 1.82) is 0 Å². The van der Waals surface area contributed by atoms with Crippen molar-refractivity contribution in [2.75, 3.05) is 56.7 Å². The number of halogens is 1. The average molecular weight is 460 g/mol. The minimum atomic E-state index is -0.243. The van der Waals surface area contributed by atoms with Crippen LogP contribution in [0, 0.1) is 12.8 Å². The van der Waals surface area contributed by atoms with E-state index >= 15 is 0 Å². The highest BCUT2D eigenvalue weighted by Gasteiger charge is 2.19. The van der Waals surface area contributed by atoms with Gasteiger partial charge in [-0.1, -0.05) is 32.4 Å². The first-order valence-corrected chi connectivity index (χ1v) is 11.6. The minimum Gasteiger partial charge on any atom is -0.493 e. The molecule has 1 N–H and O–H groups in total. The lowest BCUT2D eigenvalue weighted by Gasteiger charge is -2.35. The van der Waals surface area contributed by atoms with E-state index in [4.69, 9.17) is 21.1 Å². The van der Waals surface area contributed by atoms with Gasteiger partial charge in [-0.2, -0.15) is 0 Å². The highest BCUT2D eigenvalue weighted by Crippen LogP contribution is 2.37. The van der Waals surface area contributed by atoms with E-state index in [1.807, 2.05) is 13.0 Å². The summed E-state index contributed by atoms with van der Waals surface area (Å²) >= 11 is 6.41. The summed E-state index contributed by atoms with van der Waals surface area (Å²) in [5, 5.41) is 3.36. The lowest BCUT2D eigenvalue weighted by Crippen LogP contribution is -2.46. The molecule has 1 saturated heterocycles. The molecule has 6 nitrogen and oxygen atoms in total. The van der Waals surface area contributed by atoms with Crippen LogP contribution in [0.25, 0.3) is 0 Å². The van der Waals surface area contributed by atoms with Crippen molar-refractivity contribution in [2.45, 2.75) is 27.7 Å². The monoisotopic (exact) mass is 459 g/mol. The van der Waals surface area contributed by atoms with Crippen LogP contribution in [0.5, 0.6) is 11.5 Å². The Balaban J connectivity index is 1.72. The lowest BCUT2D eigenvalue weighted by molar-refractivity contribution is 0.102. The van der Waals surface area contributed by atoms with Gasteiger partial charge in [0.2, 0.25) is 0 Å². The smallest absolute Gasteiger partial charge is 0.255 e. The van der Waals surface area contributed by atoms with Gasteiger partial charge in [0, 0.05) is 43.1 Å². The van der Waals surface area contributed by atoms with Crippen LogP contribution in [-0.4, -0.2) is 57.2 Å². The predicted octanol–water partition coefficient (Wildman–Crippen LogP) is 5.09. The Labute approximate surface area is 196 Å². The van der Waals surface area contributed by atoms with Crippen LogP contribution in [-0.2, 0) is 0 Å². The molecule has 0 spiro atoms. The molecule has 174 valence electrons. The van der Waals surface area contributed by atoms with Gasteiger partial charge in [0.15, 0.2) is 11.5 Å². The fourth-order valence-electron chi connectivity index (χ4n) is 3.74. The highest BCUT2D eigenvalue weighted by molar-refractivity contribution is 6.32. The topological polar surface area (TPSA) is 54.0 Å². The number of hydrogen-bond donors (Lipinski definition) is 1. The van der Waals surface area contributed by atoms with Crippen LogP contribution < -0.4 is 19.7 Å². The summed E-state index contributed by atoms with van der Waals surface area (Å²) in [6.07, 6.45) is 0. The zero-order chi connectivity index (χ0) is 23.3. The SMILES string of the molecule is CCN1CCN(c2ccc(NC(=O)c3cc(Cl)c(OCC(C)C)c(OC)c3)c(C)c2)CC1. The number of piperazine rings is 1. The van der Waals surface area contributed by atoms with E-state index < -0.39 is 0 Å². The Kier molecular flexibility index (Phi) is 8.26. The predicted molar refractivity (Wildman–Crippen MR) is 132 cm³/mol. The molecular formula is C25H34ClN3O3. The van der Waals surface area contributed by atoms with Crippen LogP contribution in [0.2, 0.25) is 5.02 Å². The van der Waals surface area contributed by atoms with Gasteiger partial charge in [-0.05, 0) is 55.3 Å². The molecule has 32 heavy (non-hydrogen) atoms. The quantitative estimate of drug-likeness (QED) is 0.596. The molecule has 3 rings (SSSR count). The van der Waals surface area contributed by atoms with Crippen LogP contribution >= 0.6 is 11.6 Å². The number of aryl methyl sites for hydroxylation is 1. The molecule has 0 saturated carbocycles. The number of ether oxygens (including phenoxy) is 2. The molecule has 1 aliphatic rings. The van der Waals surface area contributed by atoms with Gasteiger partial charge in [-0.25, -0.2) is 0 Å². The van der Waals surface area contributed by atoms with Crippen LogP contribution in [0.15, 0.2) is 30.3 Å². The number of hydrogen-bond acceptors (Lipinski definition) is 5. The maximum absolute atomic E-state index is 12.9. The van der Waals surface area contributed by atoms with Gasteiger partial charge in [-0.15, -0.1) is 0 Å². The van der Waals surface area contributed by atoms with E-state index in [2.05, 4.69) is 48.0 Å². The minimum absolute atomic E-state index is 0.243. The van der Waals surface area contributed by atoms with Gasteiger partial charge in [-0.3, -0.25) is 4.79 Å². The van der Waals surface area contributed by atoms with E-state index in [9.17, 15) is 4.79 Å². The third kappa shape index (κ3) is 5.87. The number of amides is 1. The molecule has 1 heterocycles. The molecule has 0 unspecified atom stereocenters. The van der Waals surface area contributed by atoms with Crippen molar-refractivity contribution in [3.05, 3.63) is 46.5 Å². The molecular weight excluding hydrogens is 426 g/mol. The van der Waals surface area contributed by atoms with Gasteiger partial charge >= 0.3 is 0 Å². The standard InChI is InChI=1S/C25H34ClN3O3/c1-6-28-9-11-29(12-10-28)20-7-8-22(18(4)13-20)27-25(30)19-14-21(26)24(23(15-19)31-5)32-16-17(2)3/h7-8,13-15,17H,6,9-12,16H2,1-5H3,(H,27,30). The molecule has 0 radical (unpaired) electrons. The summed E-state index contributed by atoms with van der Waals surface area (Å²) in [5.41, 5.74) is 3.40. The van der Waals surface area contributed by atoms with Crippen LogP contribution in [0.3, 0.4) is 0 Å². The molecule has 1 amide bonds. The summed E-state index contributed by atoms with van der Waals surface area (Å²) < 4.78 is 11.2. The maximum atomic E-state index is 12.9. The Hall–Kier alpha value is -2.44. The van der Waals surface area contributed by atoms with Crippen molar-refractivity contribution in [2.24, 2.45) is 5.92 Å². The Morgan fingerprint density at radius 1 is 1.16 bits per heavy atom. The number of likely N-dealkylation sites (N-methyl/N-ethyl adjacent to an activating group) is 1. The number of anilines is 2. The van der Waals surface area contributed by atoms with Gasteiger partial charge in [0.05, 0.1) is 18.7 Å². The van der Waals surface area contributed by atoms with Crippen LogP contribution in [0.1, 0.15) is 36.7 Å². The molecule has 1 fully saturated rings. The van der Waals surface area contributed by atoms with E-state index in [1.54, 1.807) is 19.2 Å². The summed E-state index contributed by atoms with van der Waals surface area (Å²) in [6, 6.07) is 9.45. The van der Waals surface area contributed by atoms with Crippen molar-refractivity contribution in [3.63, 3.8) is 0 Å². The third-order valence-electron chi connectivity index (χ3n) is 5.70. The summed E-state index contributed by atoms with van der Waals surface area (Å²) in [7, 11) is 1.54. The average Bonchev–Trinajstić information content (AvgIpc) is 2.78. The Morgan fingerprint density at radius 3 is 2.47 bits per heavy atom. The van der Waals surface area contributed by atoms with E-state index in [-0.39, 0.29) is 5.91 Å². The number of benzene rings is 2. The number of carbonyl (C=O) groups is 1. The van der Waals surface area contributed by atoms with Gasteiger partial charge in [0.25, 0.3) is 5.91 Å². The Bertz CT molecular complexity index is 940.